The van der Waals surface area contributed by atoms with E-state index in [4.69, 9.17) is 0 Å². The van der Waals surface area contributed by atoms with Crippen LogP contribution in [0, 0.1) is 5.92 Å². The summed E-state index contributed by atoms with van der Waals surface area (Å²) in [6, 6.07) is 20.4. The molecule has 2 aromatic rings. The molecule has 1 aliphatic heterocycles. The van der Waals surface area contributed by atoms with Crippen molar-refractivity contribution in [1.82, 2.24) is 4.90 Å². The van der Waals surface area contributed by atoms with E-state index in [1.54, 1.807) is 0 Å². The van der Waals surface area contributed by atoms with Gasteiger partial charge in [0.2, 0.25) is 5.91 Å². The van der Waals surface area contributed by atoms with E-state index in [-0.39, 0.29) is 18.1 Å². The highest BCUT2D eigenvalue weighted by Gasteiger charge is 2.29. The molecule has 4 nitrogen and oxygen atoms in total. The number of hydrogen-bond acceptors (Lipinski definition) is 3. The molecule has 0 aromatic heterocycles. The average Bonchev–Trinajstić information content (AvgIpc) is 3.36. The van der Waals surface area contributed by atoms with E-state index in [2.05, 4.69) is 29.2 Å². The van der Waals surface area contributed by atoms with Gasteiger partial charge in [-0.3, -0.25) is 9.59 Å². The number of nitrogens with zero attached hydrogens (tertiary/aromatic N) is 2. The van der Waals surface area contributed by atoms with Gasteiger partial charge in [-0.25, -0.2) is 0 Å². The molecule has 1 aliphatic carbocycles. The van der Waals surface area contributed by atoms with E-state index in [0.717, 1.165) is 43.6 Å². The third-order valence-corrected chi connectivity index (χ3v) is 6.12. The zero-order valence-electron chi connectivity index (χ0n) is 17.0. The first-order chi connectivity index (χ1) is 14.1. The van der Waals surface area contributed by atoms with Crippen LogP contribution in [0.5, 0.6) is 0 Å². The molecule has 150 valence electrons. The van der Waals surface area contributed by atoms with Gasteiger partial charge >= 0.3 is 0 Å². The molecular weight excluding hydrogens is 360 g/mol. The molecule has 0 bridgehead atoms. The Morgan fingerprint density at radius 2 is 1.72 bits per heavy atom. The standard InChI is InChI=1S/C25H28N2O2/c1-26(17-19-14-15-27(18-19)21-10-6-3-7-11-21)25(29)16-23-22(12-13-24(23)28)20-8-4-2-5-9-20/h2-11,19H,12-18H2,1H3. The fourth-order valence-corrected chi connectivity index (χ4v) is 4.50. The van der Waals surface area contributed by atoms with Crippen molar-refractivity contribution in [2.45, 2.75) is 25.7 Å². The molecule has 4 rings (SSSR count). The van der Waals surface area contributed by atoms with E-state index >= 15 is 0 Å². The Morgan fingerprint density at radius 3 is 2.45 bits per heavy atom. The third kappa shape index (κ3) is 4.42. The van der Waals surface area contributed by atoms with Crippen LogP contribution in [0.2, 0.25) is 0 Å². The number of anilines is 1. The number of amides is 1. The summed E-state index contributed by atoms with van der Waals surface area (Å²) in [5.74, 6) is 0.634. The number of hydrogen-bond donors (Lipinski definition) is 0. The minimum Gasteiger partial charge on any atom is -0.371 e. The second-order valence-corrected chi connectivity index (χ2v) is 8.13. The van der Waals surface area contributed by atoms with E-state index in [0.29, 0.717) is 17.9 Å². The molecule has 2 aliphatic rings. The normalized spacial score (nSPS) is 19.1. The Kier molecular flexibility index (Phi) is 5.79. The van der Waals surface area contributed by atoms with E-state index < -0.39 is 0 Å². The molecule has 2 aromatic carbocycles. The largest absolute Gasteiger partial charge is 0.371 e. The number of para-hydroxylation sites is 1. The molecule has 1 fully saturated rings. The van der Waals surface area contributed by atoms with Crippen LogP contribution in [0.25, 0.3) is 5.57 Å². The van der Waals surface area contributed by atoms with Gasteiger partial charge in [0, 0.05) is 44.4 Å². The number of carbonyl (C=O) groups excluding carboxylic acids is 2. The van der Waals surface area contributed by atoms with Crippen molar-refractivity contribution in [2.75, 3.05) is 31.6 Å². The monoisotopic (exact) mass is 388 g/mol. The number of allylic oxidation sites excluding steroid dienone is 1. The Balaban J connectivity index is 1.38. The number of ketones is 1. The van der Waals surface area contributed by atoms with Crippen LogP contribution in [0.1, 0.15) is 31.2 Å². The van der Waals surface area contributed by atoms with Crippen LogP contribution < -0.4 is 4.90 Å². The molecule has 1 amide bonds. The van der Waals surface area contributed by atoms with Crippen LogP contribution in [0.4, 0.5) is 5.69 Å². The Morgan fingerprint density at radius 1 is 1.03 bits per heavy atom. The molecular formula is C25H28N2O2. The lowest BCUT2D eigenvalue weighted by atomic mass is 9.99. The molecule has 4 heteroatoms. The fourth-order valence-electron chi connectivity index (χ4n) is 4.50. The van der Waals surface area contributed by atoms with Crippen molar-refractivity contribution >= 4 is 23.0 Å². The number of rotatable bonds is 6. The Bertz CT molecular complexity index is 905. The van der Waals surface area contributed by atoms with Crippen LogP contribution in [-0.2, 0) is 9.59 Å². The van der Waals surface area contributed by atoms with Gasteiger partial charge in [0.25, 0.3) is 0 Å². The molecule has 0 radical (unpaired) electrons. The Hall–Kier alpha value is -2.88. The lowest BCUT2D eigenvalue weighted by molar-refractivity contribution is -0.130. The molecule has 0 saturated carbocycles. The minimum atomic E-state index is 0.0434. The van der Waals surface area contributed by atoms with Crippen molar-refractivity contribution in [3.05, 3.63) is 71.8 Å². The maximum atomic E-state index is 12.9. The summed E-state index contributed by atoms with van der Waals surface area (Å²) in [6.45, 7) is 2.74. The predicted molar refractivity (Wildman–Crippen MR) is 117 cm³/mol. The van der Waals surface area contributed by atoms with Crippen molar-refractivity contribution in [1.29, 1.82) is 0 Å². The smallest absolute Gasteiger partial charge is 0.226 e. The van der Waals surface area contributed by atoms with Gasteiger partial charge in [0.05, 0.1) is 6.42 Å². The third-order valence-electron chi connectivity index (χ3n) is 6.12. The highest BCUT2D eigenvalue weighted by molar-refractivity contribution is 6.10. The second kappa shape index (κ2) is 8.64. The first kappa shape index (κ1) is 19.4. The van der Waals surface area contributed by atoms with Crippen LogP contribution >= 0.6 is 0 Å². The summed E-state index contributed by atoms with van der Waals surface area (Å²) in [7, 11) is 1.87. The van der Waals surface area contributed by atoms with Gasteiger partial charge < -0.3 is 9.80 Å². The maximum absolute atomic E-state index is 12.9. The topological polar surface area (TPSA) is 40.6 Å². The van der Waals surface area contributed by atoms with Gasteiger partial charge in [0.1, 0.15) is 0 Å². The highest BCUT2D eigenvalue weighted by Crippen LogP contribution is 2.33. The summed E-state index contributed by atoms with van der Waals surface area (Å²) >= 11 is 0. The second-order valence-electron chi connectivity index (χ2n) is 8.13. The first-order valence-corrected chi connectivity index (χ1v) is 10.5. The zero-order valence-corrected chi connectivity index (χ0v) is 17.0. The minimum absolute atomic E-state index is 0.0434. The van der Waals surface area contributed by atoms with Gasteiger partial charge in [-0.1, -0.05) is 48.5 Å². The van der Waals surface area contributed by atoms with Gasteiger partial charge in [-0.05, 0) is 42.0 Å². The van der Waals surface area contributed by atoms with E-state index in [1.165, 1.54) is 5.69 Å². The van der Waals surface area contributed by atoms with Crippen LogP contribution in [0.15, 0.2) is 66.2 Å². The first-order valence-electron chi connectivity index (χ1n) is 10.5. The average molecular weight is 389 g/mol. The van der Waals surface area contributed by atoms with Crippen LogP contribution in [-0.4, -0.2) is 43.3 Å². The van der Waals surface area contributed by atoms with Gasteiger partial charge in [0.15, 0.2) is 5.78 Å². The van der Waals surface area contributed by atoms with Gasteiger partial charge in [-0.15, -0.1) is 0 Å². The number of benzene rings is 2. The maximum Gasteiger partial charge on any atom is 0.226 e. The Labute approximate surface area is 172 Å². The van der Waals surface area contributed by atoms with E-state index in [9.17, 15) is 9.59 Å². The molecule has 0 N–H and O–H groups in total. The fraction of sp³-hybridized carbons (Fsp3) is 0.360. The summed E-state index contributed by atoms with van der Waals surface area (Å²) < 4.78 is 0. The quantitative estimate of drug-likeness (QED) is 0.745. The highest BCUT2D eigenvalue weighted by atomic mass is 16.2. The van der Waals surface area contributed by atoms with Crippen molar-refractivity contribution < 1.29 is 9.59 Å². The summed E-state index contributed by atoms with van der Waals surface area (Å²) in [5.41, 5.74) is 4.08. The molecule has 29 heavy (non-hydrogen) atoms. The molecule has 1 atom stereocenters. The van der Waals surface area contributed by atoms with Crippen LogP contribution in [0.3, 0.4) is 0 Å². The van der Waals surface area contributed by atoms with E-state index in [1.807, 2.05) is 48.3 Å². The summed E-state index contributed by atoms with van der Waals surface area (Å²) in [4.78, 5) is 29.5. The zero-order chi connectivity index (χ0) is 20.2. The number of carbonyl (C=O) groups is 2. The lowest BCUT2D eigenvalue weighted by Gasteiger charge is -2.23. The van der Waals surface area contributed by atoms with Crippen molar-refractivity contribution in [3.8, 4) is 0 Å². The number of Topliss-reactive ketones (excluding diaryl/α,β-unsaturated/α-hetero) is 1. The molecule has 0 spiro atoms. The summed E-state index contributed by atoms with van der Waals surface area (Å²) in [5, 5.41) is 0. The molecule has 1 heterocycles. The van der Waals surface area contributed by atoms with Crippen molar-refractivity contribution in [2.24, 2.45) is 5.92 Å². The summed E-state index contributed by atoms with van der Waals surface area (Å²) in [6.07, 6.45) is 2.56. The van der Waals surface area contributed by atoms with Gasteiger partial charge in [-0.2, -0.15) is 0 Å². The SMILES string of the molecule is CN(CC1CCN(c2ccccc2)C1)C(=O)CC1=C(c2ccccc2)CCC1=O. The lowest BCUT2D eigenvalue weighted by Crippen LogP contribution is -2.33. The molecule has 1 saturated heterocycles. The van der Waals surface area contributed by atoms with Crippen molar-refractivity contribution in [3.63, 3.8) is 0 Å². The molecule has 1 unspecified atom stereocenters. The predicted octanol–water partition coefficient (Wildman–Crippen LogP) is 4.18.